The van der Waals surface area contributed by atoms with E-state index < -0.39 is 0 Å². The van der Waals surface area contributed by atoms with Gasteiger partial charge in [0.25, 0.3) is 5.91 Å². The molecule has 0 atom stereocenters. The first kappa shape index (κ1) is 21.6. The highest BCUT2D eigenvalue weighted by Crippen LogP contribution is 2.24. The average Bonchev–Trinajstić information content (AvgIpc) is 2.89. The summed E-state index contributed by atoms with van der Waals surface area (Å²) in [5, 5.41) is 3.03. The predicted octanol–water partition coefficient (Wildman–Crippen LogP) is 5.50. The number of amides is 1. The molecule has 5 heteroatoms. The molecule has 3 aromatic rings. The molecular weight excluding hydrogens is 384 g/mol. The molecule has 1 amide bonds. The highest BCUT2D eigenvalue weighted by molar-refractivity contribution is 6.05. The number of likely N-dealkylation sites (tertiary alicyclic amines) is 1. The first-order chi connectivity index (χ1) is 14.8. The van der Waals surface area contributed by atoms with Gasteiger partial charge in [0.2, 0.25) is 0 Å². The van der Waals surface area contributed by atoms with Crippen molar-refractivity contribution >= 4 is 22.6 Å². The van der Waals surface area contributed by atoms with Crippen molar-refractivity contribution in [3.05, 3.63) is 59.4 Å². The quantitative estimate of drug-likeness (QED) is 0.609. The van der Waals surface area contributed by atoms with E-state index >= 15 is 0 Å². The van der Waals surface area contributed by atoms with Crippen molar-refractivity contribution in [1.29, 1.82) is 0 Å². The summed E-state index contributed by atoms with van der Waals surface area (Å²) in [5.74, 6) is 0.985. The zero-order chi connectivity index (χ0) is 22.0. The van der Waals surface area contributed by atoms with E-state index in [2.05, 4.69) is 42.6 Å². The normalized spacial score (nSPS) is 15.7. The molecule has 2 aromatic carbocycles. The van der Waals surface area contributed by atoms with Gasteiger partial charge in [0, 0.05) is 18.3 Å². The number of rotatable bonds is 4. The van der Waals surface area contributed by atoms with Crippen molar-refractivity contribution in [1.82, 2.24) is 14.5 Å². The standard InChI is InChI=1S/C26H34N4O/c1-26(2,3)20-11-9-19(10-12-20)25(31)27-21-13-14-23-22(17-21)28-24(29(23)4)18-30-15-7-5-6-8-16-30/h9-14,17H,5-8,15-16,18H2,1-4H3,(H,27,31). The minimum Gasteiger partial charge on any atom is -0.330 e. The van der Waals surface area contributed by atoms with Crippen LogP contribution < -0.4 is 5.32 Å². The molecule has 1 fully saturated rings. The molecule has 31 heavy (non-hydrogen) atoms. The van der Waals surface area contributed by atoms with Crippen LogP contribution >= 0.6 is 0 Å². The van der Waals surface area contributed by atoms with E-state index in [-0.39, 0.29) is 11.3 Å². The fourth-order valence-electron chi connectivity index (χ4n) is 4.29. The van der Waals surface area contributed by atoms with Crippen molar-refractivity contribution in [2.45, 2.75) is 58.4 Å². The molecule has 1 aliphatic heterocycles. The molecule has 1 N–H and O–H groups in total. The van der Waals surface area contributed by atoms with Gasteiger partial charge in [-0.25, -0.2) is 4.98 Å². The number of nitrogens with one attached hydrogen (secondary N) is 1. The van der Waals surface area contributed by atoms with Crippen molar-refractivity contribution < 1.29 is 4.79 Å². The van der Waals surface area contributed by atoms with Crippen molar-refractivity contribution in [3.8, 4) is 0 Å². The largest absolute Gasteiger partial charge is 0.330 e. The van der Waals surface area contributed by atoms with Crippen molar-refractivity contribution in [3.63, 3.8) is 0 Å². The average molecular weight is 419 g/mol. The topological polar surface area (TPSA) is 50.2 Å². The van der Waals surface area contributed by atoms with Crippen LogP contribution in [0.4, 0.5) is 5.69 Å². The smallest absolute Gasteiger partial charge is 0.255 e. The second kappa shape index (κ2) is 8.83. The van der Waals surface area contributed by atoms with Crippen LogP contribution in [0.25, 0.3) is 11.0 Å². The van der Waals surface area contributed by atoms with Gasteiger partial charge in [-0.1, -0.05) is 45.7 Å². The Balaban J connectivity index is 1.49. The number of carbonyl (C=O) groups excluding carboxylic acids is 1. The number of fused-ring (bicyclic) bond motifs is 1. The van der Waals surface area contributed by atoms with Crippen LogP contribution in [0.3, 0.4) is 0 Å². The second-order valence-corrected chi connectivity index (χ2v) is 9.76. The van der Waals surface area contributed by atoms with Gasteiger partial charge in [0.15, 0.2) is 0 Å². The molecule has 4 rings (SSSR count). The monoisotopic (exact) mass is 418 g/mol. The molecule has 0 aliphatic carbocycles. The van der Waals surface area contributed by atoms with Crippen LogP contribution in [0.5, 0.6) is 0 Å². The first-order valence-electron chi connectivity index (χ1n) is 11.4. The Morgan fingerprint density at radius 2 is 1.68 bits per heavy atom. The van der Waals surface area contributed by atoms with Gasteiger partial charge in [-0.3, -0.25) is 9.69 Å². The third kappa shape index (κ3) is 4.99. The maximum absolute atomic E-state index is 12.7. The van der Waals surface area contributed by atoms with Crippen LogP contribution in [0.15, 0.2) is 42.5 Å². The minimum atomic E-state index is -0.0967. The number of hydrogen-bond acceptors (Lipinski definition) is 3. The summed E-state index contributed by atoms with van der Waals surface area (Å²) in [4.78, 5) is 20.1. The lowest BCUT2D eigenvalue weighted by Gasteiger charge is -2.19. The molecule has 0 unspecified atom stereocenters. The maximum atomic E-state index is 12.7. The highest BCUT2D eigenvalue weighted by Gasteiger charge is 2.16. The van der Waals surface area contributed by atoms with Gasteiger partial charge < -0.3 is 9.88 Å². The predicted molar refractivity (Wildman–Crippen MR) is 128 cm³/mol. The lowest BCUT2D eigenvalue weighted by molar-refractivity contribution is 0.102. The summed E-state index contributed by atoms with van der Waals surface area (Å²) < 4.78 is 2.18. The lowest BCUT2D eigenvalue weighted by Crippen LogP contribution is -2.25. The van der Waals surface area contributed by atoms with E-state index in [1.807, 2.05) is 42.5 Å². The maximum Gasteiger partial charge on any atom is 0.255 e. The van der Waals surface area contributed by atoms with Crippen LogP contribution in [0, 0.1) is 0 Å². The Kier molecular flexibility index (Phi) is 6.15. The summed E-state index contributed by atoms with van der Waals surface area (Å²) in [7, 11) is 2.08. The number of carbonyl (C=O) groups is 1. The Morgan fingerprint density at radius 1 is 1.00 bits per heavy atom. The molecule has 0 spiro atoms. The Bertz CT molecular complexity index is 1050. The molecule has 1 aromatic heterocycles. The van der Waals surface area contributed by atoms with Crippen molar-refractivity contribution in [2.24, 2.45) is 7.05 Å². The van der Waals surface area contributed by atoms with Crippen LogP contribution in [0.2, 0.25) is 0 Å². The minimum absolute atomic E-state index is 0.0735. The zero-order valence-corrected chi connectivity index (χ0v) is 19.2. The summed E-state index contributed by atoms with van der Waals surface area (Å²) in [6, 6.07) is 13.8. The molecule has 1 saturated heterocycles. The van der Waals surface area contributed by atoms with Gasteiger partial charge in [-0.2, -0.15) is 0 Å². The Labute approximate surface area is 185 Å². The first-order valence-corrected chi connectivity index (χ1v) is 11.4. The third-order valence-corrected chi connectivity index (χ3v) is 6.31. The van der Waals surface area contributed by atoms with E-state index in [4.69, 9.17) is 4.98 Å². The Morgan fingerprint density at radius 3 is 2.32 bits per heavy atom. The number of anilines is 1. The van der Waals surface area contributed by atoms with Crippen molar-refractivity contribution in [2.75, 3.05) is 18.4 Å². The highest BCUT2D eigenvalue weighted by atomic mass is 16.1. The van der Waals surface area contributed by atoms with E-state index in [1.54, 1.807) is 0 Å². The molecule has 1 aliphatic rings. The lowest BCUT2D eigenvalue weighted by atomic mass is 9.87. The zero-order valence-electron chi connectivity index (χ0n) is 19.2. The van der Waals surface area contributed by atoms with Gasteiger partial charge >= 0.3 is 0 Å². The summed E-state index contributed by atoms with van der Waals surface area (Å²) in [6.07, 6.45) is 5.22. The van der Waals surface area contributed by atoms with E-state index in [0.717, 1.165) is 42.2 Å². The molecular formula is C26H34N4O. The van der Waals surface area contributed by atoms with Crippen LogP contribution in [-0.4, -0.2) is 33.4 Å². The molecule has 0 bridgehead atoms. The van der Waals surface area contributed by atoms with E-state index in [9.17, 15) is 4.79 Å². The summed E-state index contributed by atoms with van der Waals surface area (Å²) in [6.45, 7) is 9.70. The Hall–Kier alpha value is -2.66. The number of aryl methyl sites for hydroxylation is 1. The number of aromatic nitrogens is 2. The van der Waals surface area contributed by atoms with E-state index in [1.165, 1.54) is 31.2 Å². The van der Waals surface area contributed by atoms with E-state index in [0.29, 0.717) is 5.56 Å². The molecule has 0 saturated carbocycles. The third-order valence-electron chi connectivity index (χ3n) is 6.31. The SMILES string of the molecule is Cn1c(CN2CCCCCC2)nc2cc(NC(=O)c3ccc(C(C)(C)C)cc3)ccc21. The van der Waals surface area contributed by atoms with Gasteiger partial charge in [-0.15, -0.1) is 0 Å². The summed E-state index contributed by atoms with van der Waals surface area (Å²) in [5.41, 5.74) is 4.75. The number of imidazole rings is 1. The van der Waals surface area contributed by atoms with Gasteiger partial charge in [-0.05, 0) is 67.2 Å². The summed E-state index contributed by atoms with van der Waals surface area (Å²) >= 11 is 0. The molecule has 5 nitrogen and oxygen atoms in total. The molecule has 2 heterocycles. The second-order valence-electron chi connectivity index (χ2n) is 9.76. The van der Waals surface area contributed by atoms with Gasteiger partial charge in [0.05, 0.1) is 17.6 Å². The van der Waals surface area contributed by atoms with Crippen LogP contribution in [-0.2, 0) is 19.0 Å². The molecule has 0 radical (unpaired) electrons. The fraction of sp³-hybridized carbons (Fsp3) is 0.462. The number of nitrogens with zero attached hydrogens (tertiary/aromatic N) is 3. The fourth-order valence-corrected chi connectivity index (χ4v) is 4.29. The van der Waals surface area contributed by atoms with Crippen LogP contribution in [0.1, 0.15) is 68.2 Å². The van der Waals surface area contributed by atoms with Gasteiger partial charge in [0.1, 0.15) is 5.82 Å². The number of benzene rings is 2. The number of hydrogen-bond donors (Lipinski definition) is 1. The molecule has 164 valence electrons.